The van der Waals surface area contributed by atoms with Crippen molar-refractivity contribution < 1.29 is 4.79 Å². The summed E-state index contributed by atoms with van der Waals surface area (Å²) in [5, 5.41) is 0. The molecule has 4 rings (SSSR count). The molecular weight excluding hydrogens is 400 g/mol. The van der Waals surface area contributed by atoms with Crippen LogP contribution in [0.3, 0.4) is 0 Å². The molecule has 1 nitrogen and oxygen atoms in total. The largest absolute Gasteiger partial charge is 0.295 e. The average Bonchev–Trinajstić information content (AvgIpc) is 3.00. The molecule has 1 heteroatoms. The molecular formula is C32H52O. The zero-order chi connectivity index (χ0) is 24.6. The lowest BCUT2D eigenvalue weighted by molar-refractivity contribution is -0.125. The van der Waals surface area contributed by atoms with Crippen LogP contribution in [0.5, 0.6) is 0 Å². The summed E-state index contributed by atoms with van der Waals surface area (Å²) in [5.41, 5.74) is 3.71. The van der Waals surface area contributed by atoms with Gasteiger partial charge in [-0.1, -0.05) is 81.7 Å². The van der Waals surface area contributed by atoms with Crippen LogP contribution in [0, 0.1) is 57.2 Å². The molecule has 0 saturated heterocycles. The van der Waals surface area contributed by atoms with Crippen molar-refractivity contribution in [3.8, 4) is 0 Å². The van der Waals surface area contributed by atoms with Gasteiger partial charge in [-0.15, -0.1) is 0 Å². The maximum absolute atomic E-state index is 13.6. The first-order valence-electron chi connectivity index (χ1n) is 14.2. The van der Waals surface area contributed by atoms with Gasteiger partial charge in [0.05, 0.1) is 0 Å². The van der Waals surface area contributed by atoms with Gasteiger partial charge in [0.2, 0.25) is 0 Å². The smallest absolute Gasteiger partial charge is 0.159 e. The maximum atomic E-state index is 13.6. The number of carbonyl (C=O) groups is 1. The molecule has 2 saturated carbocycles. The van der Waals surface area contributed by atoms with Gasteiger partial charge in [0.15, 0.2) is 5.78 Å². The predicted octanol–water partition coefficient (Wildman–Crippen LogP) is 9.04. The minimum Gasteiger partial charge on any atom is -0.295 e. The van der Waals surface area contributed by atoms with Gasteiger partial charge in [-0.2, -0.15) is 0 Å². The third kappa shape index (κ3) is 3.57. The van der Waals surface area contributed by atoms with Gasteiger partial charge in [-0.05, 0) is 102 Å². The van der Waals surface area contributed by atoms with Gasteiger partial charge in [0.1, 0.15) is 0 Å². The van der Waals surface area contributed by atoms with Crippen LogP contribution < -0.4 is 0 Å². The van der Waals surface area contributed by atoms with Crippen LogP contribution in [0.2, 0.25) is 0 Å². The van der Waals surface area contributed by atoms with Crippen molar-refractivity contribution in [1.29, 1.82) is 0 Å². The molecule has 0 aromatic heterocycles. The Morgan fingerprint density at radius 2 is 1.70 bits per heavy atom. The second kappa shape index (κ2) is 8.09. The molecule has 33 heavy (non-hydrogen) atoms. The number of hydrogen-bond acceptors (Lipinski definition) is 1. The fraction of sp³-hybridized carbons (Fsp3) is 0.844. The molecule has 0 aromatic carbocycles. The lowest BCUT2D eigenvalue weighted by Crippen LogP contribution is -2.52. The van der Waals surface area contributed by atoms with Crippen molar-refractivity contribution in [3.63, 3.8) is 0 Å². The van der Waals surface area contributed by atoms with Crippen LogP contribution in [-0.4, -0.2) is 5.78 Å². The second-order valence-electron chi connectivity index (χ2n) is 14.7. The summed E-state index contributed by atoms with van der Waals surface area (Å²) in [5.74, 6) is 4.16. The normalized spacial score (nSPS) is 44.0. The summed E-state index contributed by atoms with van der Waals surface area (Å²) < 4.78 is 0. The highest BCUT2D eigenvalue weighted by atomic mass is 16.1. The lowest BCUT2D eigenvalue weighted by atomic mass is 9.45. The molecule has 8 atom stereocenters. The van der Waals surface area contributed by atoms with Crippen molar-refractivity contribution in [3.05, 3.63) is 23.3 Å². The van der Waals surface area contributed by atoms with Gasteiger partial charge >= 0.3 is 0 Å². The molecule has 4 aliphatic carbocycles. The SMILES string of the molecule is CC(C)CC[C@@H](C)C(C)(C)[C@H]1CC[C@@]2(C)C3=CC(=O)[C@@H]4C[C@@H](C)[C@@H](C)C[C@]4(C)C3=CC[C@]12C. The van der Waals surface area contributed by atoms with Crippen LogP contribution in [-0.2, 0) is 4.79 Å². The van der Waals surface area contributed by atoms with E-state index in [1.165, 1.54) is 44.1 Å². The van der Waals surface area contributed by atoms with E-state index in [9.17, 15) is 4.79 Å². The third-order valence-electron chi connectivity index (χ3n) is 12.3. The Morgan fingerprint density at radius 3 is 2.33 bits per heavy atom. The van der Waals surface area contributed by atoms with Crippen LogP contribution in [0.15, 0.2) is 23.3 Å². The Bertz CT molecular complexity index is 858. The topological polar surface area (TPSA) is 17.1 Å². The average molecular weight is 453 g/mol. The van der Waals surface area contributed by atoms with E-state index in [0.717, 1.165) is 18.3 Å². The molecule has 0 unspecified atom stereocenters. The first kappa shape index (κ1) is 25.2. The highest BCUT2D eigenvalue weighted by molar-refractivity contribution is 5.96. The number of ketones is 1. The molecule has 0 heterocycles. The van der Waals surface area contributed by atoms with E-state index < -0.39 is 0 Å². The standard InChI is InChI=1S/C32H52O/c1-20(2)11-12-23(5)29(6,7)28-14-16-31(9)25-18-27(33)26-17-21(3)22(4)19-30(26,8)24(25)13-15-32(28,31)10/h13,18,20-23,26,28H,11-12,14-17,19H2,1-10H3/t21-,22+,23-,26+,28-,30-,31+,32-/m1/s1. The Balaban J connectivity index is 1.72. The molecule has 0 amide bonds. The monoisotopic (exact) mass is 452 g/mol. The number of rotatable bonds is 5. The molecule has 2 fully saturated rings. The summed E-state index contributed by atoms with van der Waals surface area (Å²) in [7, 11) is 0. The Morgan fingerprint density at radius 1 is 1.03 bits per heavy atom. The lowest BCUT2D eigenvalue weighted by Gasteiger charge is -2.59. The number of hydrogen-bond donors (Lipinski definition) is 0. The third-order valence-corrected chi connectivity index (χ3v) is 12.3. The summed E-state index contributed by atoms with van der Waals surface area (Å²) in [4.78, 5) is 13.6. The number of carbonyl (C=O) groups excluding carboxylic acids is 1. The summed E-state index contributed by atoms with van der Waals surface area (Å²) in [6, 6.07) is 0. The summed E-state index contributed by atoms with van der Waals surface area (Å²) in [6.45, 7) is 24.7. The zero-order valence-corrected chi connectivity index (χ0v) is 23.5. The number of allylic oxidation sites excluding steroid dienone is 4. The van der Waals surface area contributed by atoms with E-state index >= 15 is 0 Å². The van der Waals surface area contributed by atoms with Gasteiger partial charge in [-0.3, -0.25) is 4.79 Å². The van der Waals surface area contributed by atoms with Gasteiger partial charge in [0.25, 0.3) is 0 Å². The second-order valence-corrected chi connectivity index (χ2v) is 14.7. The molecule has 4 aliphatic rings. The summed E-state index contributed by atoms with van der Waals surface area (Å²) in [6.07, 6.45) is 13.4. The van der Waals surface area contributed by atoms with E-state index in [4.69, 9.17) is 0 Å². The van der Waals surface area contributed by atoms with E-state index in [1.54, 1.807) is 5.57 Å². The predicted molar refractivity (Wildman–Crippen MR) is 141 cm³/mol. The van der Waals surface area contributed by atoms with Crippen molar-refractivity contribution in [1.82, 2.24) is 0 Å². The fourth-order valence-electron chi connectivity index (χ4n) is 9.07. The van der Waals surface area contributed by atoms with Gasteiger partial charge in [0, 0.05) is 11.3 Å². The molecule has 0 aliphatic heterocycles. The Hall–Kier alpha value is -0.850. The van der Waals surface area contributed by atoms with Crippen LogP contribution in [0.4, 0.5) is 0 Å². The van der Waals surface area contributed by atoms with Crippen LogP contribution in [0.25, 0.3) is 0 Å². The van der Waals surface area contributed by atoms with Gasteiger partial charge < -0.3 is 0 Å². The van der Waals surface area contributed by atoms with Crippen molar-refractivity contribution in [2.45, 2.75) is 114 Å². The first-order chi connectivity index (χ1) is 15.2. The van der Waals surface area contributed by atoms with Crippen molar-refractivity contribution >= 4 is 5.78 Å². The highest BCUT2D eigenvalue weighted by Crippen LogP contribution is 2.72. The zero-order valence-electron chi connectivity index (χ0n) is 23.5. The number of fused-ring (bicyclic) bond motifs is 5. The van der Waals surface area contributed by atoms with Crippen LogP contribution >= 0.6 is 0 Å². The van der Waals surface area contributed by atoms with Crippen LogP contribution in [0.1, 0.15) is 114 Å². The molecule has 0 N–H and O–H groups in total. The highest BCUT2D eigenvalue weighted by Gasteiger charge is 2.64. The molecule has 0 spiro atoms. The first-order valence-corrected chi connectivity index (χ1v) is 14.2. The van der Waals surface area contributed by atoms with Crippen molar-refractivity contribution in [2.24, 2.45) is 57.2 Å². The molecule has 0 aromatic rings. The summed E-state index contributed by atoms with van der Waals surface area (Å²) >= 11 is 0. The Kier molecular flexibility index (Phi) is 6.19. The molecule has 186 valence electrons. The Labute approximate surface area is 205 Å². The van der Waals surface area contributed by atoms with E-state index in [0.29, 0.717) is 29.0 Å². The minimum atomic E-state index is 0.0373. The minimum absolute atomic E-state index is 0.0373. The maximum Gasteiger partial charge on any atom is 0.159 e. The van der Waals surface area contributed by atoms with Crippen molar-refractivity contribution in [2.75, 3.05) is 0 Å². The quantitative estimate of drug-likeness (QED) is 0.406. The molecule has 0 radical (unpaired) electrons. The van der Waals surface area contributed by atoms with Gasteiger partial charge in [-0.25, -0.2) is 0 Å². The van der Waals surface area contributed by atoms with E-state index in [1.807, 2.05) is 0 Å². The molecule has 0 bridgehead atoms. The van der Waals surface area contributed by atoms with E-state index in [-0.39, 0.29) is 22.2 Å². The fourth-order valence-corrected chi connectivity index (χ4v) is 9.07. The van der Waals surface area contributed by atoms with E-state index in [2.05, 4.69) is 81.4 Å².